The Morgan fingerprint density at radius 2 is 2.12 bits per heavy atom. The fraction of sp³-hybridized carbons (Fsp3) is 0.190. The Kier molecular flexibility index (Phi) is 5.09. The smallest absolute Gasteiger partial charge is 0.289 e. The summed E-state index contributed by atoms with van der Waals surface area (Å²) in [6.45, 7) is 1.82. The zero-order valence-corrected chi connectivity index (χ0v) is 18.3. The molecule has 0 fully saturated rings. The first-order chi connectivity index (χ1) is 15.9. The van der Waals surface area contributed by atoms with Crippen LogP contribution in [0.15, 0.2) is 43.1 Å². The van der Waals surface area contributed by atoms with Crippen molar-refractivity contribution in [3.8, 4) is 17.0 Å². The van der Waals surface area contributed by atoms with E-state index in [0.29, 0.717) is 28.5 Å². The third-order valence-corrected chi connectivity index (χ3v) is 5.42. The first kappa shape index (κ1) is 20.8. The molecule has 1 unspecified atom stereocenters. The first-order valence-corrected chi connectivity index (χ1v) is 10.3. The molecule has 11 nitrogen and oxygen atoms in total. The number of nitrogens with zero attached hydrogens (tertiary/aromatic N) is 7. The highest BCUT2D eigenvalue weighted by Gasteiger charge is 2.32. The number of carbonyl (C=O) groups is 2. The number of carbonyl (C=O) groups excluding carboxylic acids is 2. The summed E-state index contributed by atoms with van der Waals surface area (Å²) in [5, 5.41) is 10.8. The van der Waals surface area contributed by atoms with Crippen molar-refractivity contribution in [2.75, 3.05) is 18.6 Å². The van der Waals surface area contributed by atoms with Gasteiger partial charge < -0.3 is 10.1 Å². The summed E-state index contributed by atoms with van der Waals surface area (Å²) in [5.41, 5.74) is 2.49. The molecule has 1 atom stereocenters. The Labute approximate surface area is 192 Å². The molecule has 5 heterocycles. The average molecular weight is 465 g/mol. The molecular formula is C21H17ClN8O3. The van der Waals surface area contributed by atoms with Crippen LogP contribution in [0.3, 0.4) is 0 Å². The van der Waals surface area contributed by atoms with E-state index in [9.17, 15) is 9.59 Å². The van der Waals surface area contributed by atoms with Crippen molar-refractivity contribution in [2.24, 2.45) is 0 Å². The van der Waals surface area contributed by atoms with Crippen molar-refractivity contribution in [3.63, 3.8) is 0 Å². The number of aryl methyl sites for hydroxylation is 1. The van der Waals surface area contributed by atoms with Crippen molar-refractivity contribution in [1.82, 2.24) is 34.9 Å². The molecule has 0 aromatic carbocycles. The highest BCUT2D eigenvalue weighted by molar-refractivity contribution is 6.33. The quantitative estimate of drug-likeness (QED) is 0.485. The Morgan fingerprint density at radius 3 is 2.97 bits per heavy atom. The number of hydrogen-bond donors (Lipinski definition) is 1. The Hall–Kier alpha value is -4.12. The van der Waals surface area contributed by atoms with Gasteiger partial charge in [0.15, 0.2) is 17.2 Å². The molecule has 5 rings (SSSR count). The van der Waals surface area contributed by atoms with Crippen LogP contribution in [0.5, 0.6) is 5.75 Å². The zero-order chi connectivity index (χ0) is 23.1. The molecule has 1 aliphatic heterocycles. The molecule has 4 aromatic rings. The largest absolute Gasteiger partial charge is 0.487 e. The molecule has 1 aliphatic rings. The zero-order valence-electron chi connectivity index (χ0n) is 17.6. The van der Waals surface area contributed by atoms with Gasteiger partial charge in [0, 0.05) is 25.0 Å². The molecule has 0 saturated heterocycles. The topological polar surface area (TPSA) is 127 Å². The van der Waals surface area contributed by atoms with Crippen LogP contribution in [0, 0.1) is 6.92 Å². The summed E-state index contributed by atoms with van der Waals surface area (Å²) in [6.07, 6.45) is 6.31. The molecule has 0 radical (unpaired) electrons. The molecule has 12 heteroatoms. The van der Waals surface area contributed by atoms with Gasteiger partial charge in [-0.05, 0) is 30.7 Å². The van der Waals surface area contributed by atoms with Crippen LogP contribution >= 0.6 is 11.6 Å². The van der Waals surface area contributed by atoms with Gasteiger partial charge in [-0.2, -0.15) is 0 Å². The van der Waals surface area contributed by atoms with Gasteiger partial charge in [-0.1, -0.05) is 11.6 Å². The minimum atomic E-state index is -0.952. The number of fused-ring (bicyclic) bond motifs is 2. The van der Waals surface area contributed by atoms with Gasteiger partial charge in [0.25, 0.3) is 11.8 Å². The number of anilines is 1. The predicted octanol–water partition coefficient (Wildman–Crippen LogP) is 1.70. The fourth-order valence-corrected chi connectivity index (χ4v) is 3.65. The van der Waals surface area contributed by atoms with E-state index in [-0.39, 0.29) is 23.4 Å². The van der Waals surface area contributed by atoms with Crippen LogP contribution in [0.25, 0.3) is 16.9 Å². The second kappa shape index (κ2) is 8.10. The van der Waals surface area contributed by atoms with Crippen molar-refractivity contribution >= 4 is 34.9 Å². The van der Waals surface area contributed by atoms with E-state index >= 15 is 0 Å². The first-order valence-electron chi connectivity index (χ1n) is 9.91. The minimum Gasteiger partial charge on any atom is -0.487 e. The normalized spacial score (nSPS) is 15.7. The number of ether oxygens (including phenoxy) is 1. The summed E-state index contributed by atoms with van der Waals surface area (Å²) >= 11 is 6.29. The Bertz CT molecular complexity index is 1410. The van der Waals surface area contributed by atoms with Gasteiger partial charge in [0.1, 0.15) is 19.0 Å². The maximum atomic E-state index is 12.9. The van der Waals surface area contributed by atoms with E-state index in [1.54, 1.807) is 48.4 Å². The Balaban J connectivity index is 1.40. The summed E-state index contributed by atoms with van der Waals surface area (Å²) in [6, 6.07) is 4.35. The van der Waals surface area contributed by atoms with E-state index in [2.05, 4.69) is 30.5 Å². The third kappa shape index (κ3) is 3.82. The molecule has 0 spiro atoms. The minimum absolute atomic E-state index is 0.0585. The summed E-state index contributed by atoms with van der Waals surface area (Å²) in [4.78, 5) is 39.8. The molecule has 2 amide bonds. The van der Waals surface area contributed by atoms with Crippen LogP contribution in [-0.2, 0) is 4.79 Å². The molecule has 166 valence electrons. The number of pyridine rings is 2. The van der Waals surface area contributed by atoms with Crippen LogP contribution in [0.4, 0.5) is 5.82 Å². The number of aromatic nitrogens is 6. The highest BCUT2D eigenvalue weighted by Crippen LogP contribution is 2.29. The van der Waals surface area contributed by atoms with Crippen molar-refractivity contribution in [2.45, 2.75) is 13.0 Å². The molecule has 0 aliphatic carbocycles. The monoisotopic (exact) mass is 464 g/mol. The van der Waals surface area contributed by atoms with Gasteiger partial charge in [0.2, 0.25) is 5.82 Å². The van der Waals surface area contributed by atoms with E-state index < -0.39 is 11.9 Å². The van der Waals surface area contributed by atoms with Crippen LogP contribution < -0.4 is 15.0 Å². The lowest BCUT2D eigenvalue weighted by molar-refractivity contribution is -0.120. The van der Waals surface area contributed by atoms with E-state index in [1.807, 2.05) is 6.92 Å². The van der Waals surface area contributed by atoms with E-state index in [0.717, 1.165) is 5.56 Å². The predicted molar refractivity (Wildman–Crippen MR) is 118 cm³/mol. The van der Waals surface area contributed by atoms with Gasteiger partial charge in [-0.25, -0.2) is 15.0 Å². The average Bonchev–Trinajstić information content (AvgIpc) is 3.25. The number of halogens is 1. The van der Waals surface area contributed by atoms with Crippen LogP contribution in [0.2, 0.25) is 5.02 Å². The maximum Gasteiger partial charge on any atom is 0.289 e. The highest BCUT2D eigenvalue weighted by atomic mass is 35.5. The van der Waals surface area contributed by atoms with Crippen LogP contribution in [0.1, 0.15) is 16.2 Å². The SMILES string of the molecule is Cc1cnc2c(c1)OCC(NC(=O)c1ncc(Cl)c(-c3ccn4cnnc4c3)n1)C(=O)N2C. The Morgan fingerprint density at radius 1 is 1.27 bits per heavy atom. The van der Waals surface area contributed by atoms with Gasteiger partial charge >= 0.3 is 0 Å². The van der Waals surface area contributed by atoms with Crippen LogP contribution in [-0.4, -0.2) is 61.1 Å². The van der Waals surface area contributed by atoms with Gasteiger partial charge in [0.05, 0.1) is 16.9 Å². The lowest BCUT2D eigenvalue weighted by Crippen LogP contribution is -2.49. The molecule has 4 aromatic heterocycles. The lowest BCUT2D eigenvalue weighted by atomic mass is 10.2. The number of likely N-dealkylation sites (N-methyl/N-ethyl adjacent to an activating group) is 1. The summed E-state index contributed by atoms with van der Waals surface area (Å²) in [5.74, 6) is -0.290. The van der Waals surface area contributed by atoms with Gasteiger partial charge in [-0.3, -0.25) is 18.9 Å². The standard InChI is InChI=1S/C21H17ClN8O3/c1-11-5-15-19(24-7-11)29(2)21(32)14(9-33-15)26-20(31)18-23-8-13(22)17(27-18)12-3-4-30-10-25-28-16(30)6-12/h3-8,10,14H,9H2,1-2H3,(H,26,31). The molecule has 1 N–H and O–H groups in total. The second-order valence-corrected chi connectivity index (χ2v) is 7.88. The van der Waals surface area contributed by atoms with E-state index in [4.69, 9.17) is 16.3 Å². The summed E-state index contributed by atoms with van der Waals surface area (Å²) < 4.78 is 7.48. The summed E-state index contributed by atoms with van der Waals surface area (Å²) in [7, 11) is 1.58. The molecular weight excluding hydrogens is 448 g/mol. The van der Waals surface area contributed by atoms with Crippen molar-refractivity contribution in [1.29, 1.82) is 0 Å². The maximum absolute atomic E-state index is 12.9. The second-order valence-electron chi connectivity index (χ2n) is 7.47. The van der Waals surface area contributed by atoms with Gasteiger partial charge in [-0.15, -0.1) is 10.2 Å². The van der Waals surface area contributed by atoms with Crippen molar-refractivity contribution in [3.05, 3.63) is 59.5 Å². The third-order valence-electron chi connectivity index (χ3n) is 5.15. The lowest BCUT2D eigenvalue weighted by Gasteiger charge is -2.19. The van der Waals surface area contributed by atoms with E-state index in [1.165, 1.54) is 11.1 Å². The molecule has 33 heavy (non-hydrogen) atoms. The molecule has 0 bridgehead atoms. The fourth-order valence-electron chi connectivity index (χ4n) is 3.45. The molecule has 0 saturated carbocycles. The number of hydrogen-bond acceptors (Lipinski definition) is 8. The number of amides is 2. The number of rotatable bonds is 3. The van der Waals surface area contributed by atoms with Crippen molar-refractivity contribution < 1.29 is 14.3 Å². The number of nitrogens with one attached hydrogen (secondary N) is 1.